The number of amides is 1. The Bertz CT molecular complexity index is 492. The standard InChI is InChI=1S/C18H26N2O/c1-12-3-10-17(13(2)11-12)19-15-6-8-16(9-7-15)20-18(21)14-4-5-14/h6-9,12-14,17,19H,3-5,10-11H2,1-2H3,(H,20,21). The van der Waals surface area contributed by atoms with Crippen LogP contribution in [0.15, 0.2) is 24.3 Å². The first-order valence-electron chi connectivity index (χ1n) is 8.29. The normalized spacial score (nSPS) is 29.0. The fourth-order valence-electron chi connectivity index (χ4n) is 3.33. The molecule has 0 radical (unpaired) electrons. The predicted octanol–water partition coefficient (Wildman–Crippen LogP) is 4.27. The lowest BCUT2D eigenvalue weighted by Crippen LogP contribution is -2.32. The van der Waals surface area contributed by atoms with Gasteiger partial charge < -0.3 is 10.6 Å². The van der Waals surface area contributed by atoms with Crippen molar-refractivity contribution in [1.82, 2.24) is 0 Å². The summed E-state index contributed by atoms with van der Waals surface area (Å²) in [6, 6.07) is 8.73. The first-order chi connectivity index (χ1) is 10.1. The molecule has 1 amide bonds. The molecular formula is C18H26N2O. The zero-order valence-corrected chi connectivity index (χ0v) is 13.1. The van der Waals surface area contributed by atoms with Gasteiger partial charge in [0.05, 0.1) is 0 Å². The number of carbonyl (C=O) groups excluding carboxylic acids is 1. The lowest BCUT2D eigenvalue weighted by Gasteiger charge is -2.33. The quantitative estimate of drug-likeness (QED) is 0.867. The zero-order chi connectivity index (χ0) is 14.8. The molecule has 21 heavy (non-hydrogen) atoms. The summed E-state index contributed by atoms with van der Waals surface area (Å²) >= 11 is 0. The van der Waals surface area contributed by atoms with E-state index < -0.39 is 0 Å². The topological polar surface area (TPSA) is 41.1 Å². The van der Waals surface area contributed by atoms with Gasteiger partial charge >= 0.3 is 0 Å². The summed E-state index contributed by atoms with van der Waals surface area (Å²) in [5.74, 6) is 2.01. The Kier molecular flexibility index (Phi) is 4.18. The van der Waals surface area contributed by atoms with E-state index in [9.17, 15) is 4.79 Å². The van der Waals surface area contributed by atoms with Crippen molar-refractivity contribution in [2.75, 3.05) is 10.6 Å². The van der Waals surface area contributed by atoms with Crippen LogP contribution in [0.25, 0.3) is 0 Å². The van der Waals surface area contributed by atoms with Crippen molar-refractivity contribution in [3.63, 3.8) is 0 Å². The van der Waals surface area contributed by atoms with Gasteiger partial charge in [-0.2, -0.15) is 0 Å². The van der Waals surface area contributed by atoms with E-state index in [0.717, 1.165) is 36.1 Å². The first-order valence-corrected chi connectivity index (χ1v) is 8.29. The molecule has 1 aromatic rings. The fourth-order valence-corrected chi connectivity index (χ4v) is 3.33. The van der Waals surface area contributed by atoms with Crippen LogP contribution in [0.4, 0.5) is 11.4 Å². The molecule has 0 saturated heterocycles. The van der Waals surface area contributed by atoms with Crippen molar-refractivity contribution in [2.45, 2.75) is 52.0 Å². The third kappa shape index (κ3) is 3.78. The van der Waals surface area contributed by atoms with Gasteiger partial charge in [0.25, 0.3) is 0 Å². The van der Waals surface area contributed by atoms with Gasteiger partial charge in [-0.25, -0.2) is 0 Å². The Morgan fingerprint density at radius 3 is 2.29 bits per heavy atom. The average molecular weight is 286 g/mol. The van der Waals surface area contributed by atoms with Gasteiger partial charge in [0.1, 0.15) is 0 Å². The predicted molar refractivity (Wildman–Crippen MR) is 87.4 cm³/mol. The molecule has 0 bridgehead atoms. The molecule has 3 heteroatoms. The highest BCUT2D eigenvalue weighted by atomic mass is 16.2. The monoisotopic (exact) mass is 286 g/mol. The molecule has 3 nitrogen and oxygen atoms in total. The second kappa shape index (κ2) is 6.08. The number of rotatable bonds is 4. The van der Waals surface area contributed by atoms with E-state index in [4.69, 9.17) is 0 Å². The maximum absolute atomic E-state index is 11.7. The maximum atomic E-state index is 11.7. The summed E-state index contributed by atoms with van der Waals surface area (Å²) in [6.45, 7) is 4.70. The summed E-state index contributed by atoms with van der Waals surface area (Å²) in [5, 5.41) is 6.64. The highest BCUT2D eigenvalue weighted by Gasteiger charge is 2.29. The fraction of sp³-hybridized carbons (Fsp3) is 0.611. The van der Waals surface area contributed by atoms with Crippen molar-refractivity contribution >= 4 is 17.3 Å². The molecular weight excluding hydrogens is 260 g/mol. The second-order valence-electron chi connectivity index (χ2n) is 6.99. The summed E-state index contributed by atoms with van der Waals surface area (Å²) in [5.41, 5.74) is 2.06. The number of hydrogen-bond acceptors (Lipinski definition) is 2. The van der Waals surface area contributed by atoms with Crippen LogP contribution in [0.5, 0.6) is 0 Å². The summed E-state index contributed by atoms with van der Waals surface area (Å²) in [6.07, 6.45) is 5.97. The van der Waals surface area contributed by atoms with Crippen LogP contribution >= 0.6 is 0 Å². The van der Waals surface area contributed by atoms with Gasteiger partial charge in [0.2, 0.25) is 5.91 Å². The molecule has 1 aromatic carbocycles. The van der Waals surface area contributed by atoms with E-state index in [1.807, 2.05) is 12.1 Å². The Morgan fingerprint density at radius 2 is 1.67 bits per heavy atom. The van der Waals surface area contributed by atoms with E-state index in [2.05, 4.69) is 36.6 Å². The summed E-state index contributed by atoms with van der Waals surface area (Å²) < 4.78 is 0. The molecule has 0 heterocycles. The van der Waals surface area contributed by atoms with Crippen LogP contribution in [0, 0.1) is 17.8 Å². The van der Waals surface area contributed by atoms with Gasteiger partial charge in [0, 0.05) is 23.3 Å². The number of nitrogens with one attached hydrogen (secondary N) is 2. The van der Waals surface area contributed by atoms with Crippen LogP contribution in [-0.4, -0.2) is 11.9 Å². The SMILES string of the molecule is CC1CCC(Nc2ccc(NC(=O)C3CC3)cc2)C(C)C1. The Morgan fingerprint density at radius 1 is 1.00 bits per heavy atom. The largest absolute Gasteiger partial charge is 0.382 e. The highest BCUT2D eigenvalue weighted by molar-refractivity contribution is 5.94. The van der Waals surface area contributed by atoms with E-state index in [0.29, 0.717) is 6.04 Å². The van der Waals surface area contributed by atoms with E-state index in [-0.39, 0.29) is 11.8 Å². The Labute approximate surface area is 127 Å². The number of carbonyl (C=O) groups is 1. The molecule has 2 fully saturated rings. The maximum Gasteiger partial charge on any atom is 0.227 e. The van der Waals surface area contributed by atoms with Crippen molar-refractivity contribution in [3.8, 4) is 0 Å². The minimum absolute atomic E-state index is 0.172. The zero-order valence-electron chi connectivity index (χ0n) is 13.1. The minimum Gasteiger partial charge on any atom is -0.382 e. The molecule has 0 aliphatic heterocycles. The summed E-state index contributed by atoms with van der Waals surface area (Å²) in [7, 11) is 0. The molecule has 3 rings (SSSR count). The van der Waals surface area contributed by atoms with Crippen LogP contribution in [-0.2, 0) is 4.79 Å². The van der Waals surface area contributed by atoms with Crippen molar-refractivity contribution in [3.05, 3.63) is 24.3 Å². The van der Waals surface area contributed by atoms with Gasteiger partial charge in [0.15, 0.2) is 0 Å². The number of anilines is 2. The van der Waals surface area contributed by atoms with E-state index in [1.54, 1.807) is 0 Å². The molecule has 2 aliphatic rings. The number of benzene rings is 1. The molecule has 114 valence electrons. The third-order valence-electron chi connectivity index (χ3n) is 4.88. The molecule has 0 aromatic heterocycles. The lowest BCUT2D eigenvalue weighted by molar-refractivity contribution is -0.117. The second-order valence-corrected chi connectivity index (χ2v) is 6.99. The molecule has 2 aliphatic carbocycles. The Balaban J connectivity index is 1.55. The molecule has 0 spiro atoms. The van der Waals surface area contributed by atoms with Gasteiger partial charge in [-0.1, -0.05) is 13.8 Å². The third-order valence-corrected chi connectivity index (χ3v) is 4.88. The van der Waals surface area contributed by atoms with E-state index >= 15 is 0 Å². The van der Waals surface area contributed by atoms with Crippen molar-refractivity contribution < 1.29 is 4.79 Å². The van der Waals surface area contributed by atoms with Gasteiger partial charge in [-0.3, -0.25) is 4.79 Å². The Hall–Kier alpha value is -1.51. The summed E-state index contributed by atoms with van der Waals surface area (Å²) in [4.78, 5) is 11.7. The highest BCUT2D eigenvalue weighted by Crippen LogP contribution is 2.32. The first kappa shape index (κ1) is 14.4. The van der Waals surface area contributed by atoms with Crippen LogP contribution in [0.1, 0.15) is 46.0 Å². The molecule has 2 N–H and O–H groups in total. The van der Waals surface area contributed by atoms with E-state index in [1.165, 1.54) is 19.3 Å². The number of hydrogen-bond donors (Lipinski definition) is 2. The van der Waals surface area contributed by atoms with Crippen molar-refractivity contribution in [2.24, 2.45) is 17.8 Å². The molecule has 3 unspecified atom stereocenters. The van der Waals surface area contributed by atoms with Crippen LogP contribution < -0.4 is 10.6 Å². The minimum atomic E-state index is 0.172. The molecule has 2 saturated carbocycles. The molecule has 3 atom stereocenters. The van der Waals surface area contributed by atoms with Gasteiger partial charge in [-0.05, 0) is 68.2 Å². The smallest absolute Gasteiger partial charge is 0.227 e. The van der Waals surface area contributed by atoms with Crippen LogP contribution in [0.2, 0.25) is 0 Å². The lowest BCUT2D eigenvalue weighted by atomic mass is 9.80. The van der Waals surface area contributed by atoms with Crippen LogP contribution in [0.3, 0.4) is 0 Å². The van der Waals surface area contributed by atoms with Crippen molar-refractivity contribution in [1.29, 1.82) is 0 Å². The van der Waals surface area contributed by atoms with Gasteiger partial charge in [-0.15, -0.1) is 0 Å². The average Bonchev–Trinajstić information content (AvgIpc) is 3.28.